The summed E-state index contributed by atoms with van der Waals surface area (Å²) in [6, 6.07) is 0.873. The van der Waals surface area contributed by atoms with Gasteiger partial charge in [-0.1, -0.05) is 6.92 Å². The lowest BCUT2D eigenvalue weighted by molar-refractivity contribution is -0.161. The molecule has 8 nitrogen and oxygen atoms in total. The smallest absolute Gasteiger partial charge is 0.320 e. The third-order valence-corrected chi connectivity index (χ3v) is 3.74. The molecule has 0 spiro atoms. The summed E-state index contributed by atoms with van der Waals surface area (Å²) in [6.07, 6.45) is 0. The lowest BCUT2D eigenvalue weighted by Crippen LogP contribution is -2.52. The highest BCUT2D eigenvalue weighted by Gasteiger charge is 2.41. The van der Waals surface area contributed by atoms with E-state index in [4.69, 9.17) is 5.73 Å². The molecule has 3 N–H and O–H groups in total. The van der Waals surface area contributed by atoms with Gasteiger partial charge in [-0.3, -0.25) is 19.2 Å². The second-order valence-electron chi connectivity index (χ2n) is 5.37. The van der Waals surface area contributed by atoms with E-state index in [1.54, 1.807) is 0 Å². The number of hydrogen-bond donors (Lipinski definition) is 2. The van der Waals surface area contributed by atoms with Crippen LogP contribution < -0.4 is 11.1 Å². The molecular weight excluding hydrogens is 354 g/mol. The molecule has 1 aromatic carbocycles. The quantitative estimate of drug-likeness (QED) is 0.518. The van der Waals surface area contributed by atoms with E-state index >= 15 is 0 Å². The van der Waals surface area contributed by atoms with Gasteiger partial charge in [-0.25, -0.2) is 8.78 Å². The van der Waals surface area contributed by atoms with Crippen LogP contribution in [0.25, 0.3) is 0 Å². The molecule has 142 valence electrons. The summed E-state index contributed by atoms with van der Waals surface area (Å²) < 4.78 is 35.2. The topological polar surface area (TPSA) is 125 Å². The SMILES string of the molecule is COC(=O)C(C(=O)OC)[C@@H](C)[C@H](NC(=O)c1ccc(F)c(F)c1)C(N)=O. The highest BCUT2D eigenvalue weighted by Crippen LogP contribution is 2.20. The van der Waals surface area contributed by atoms with Crippen LogP contribution in [0.4, 0.5) is 8.78 Å². The summed E-state index contributed by atoms with van der Waals surface area (Å²) in [4.78, 5) is 47.6. The van der Waals surface area contributed by atoms with Gasteiger partial charge in [-0.2, -0.15) is 0 Å². The Morgan fingerprint density at radius 2 is 1.58 bits per heavy atom. The summed E-state index contributed by atoms with van der Waals surface area (Å²) in [7, 11) is 2.06. The van der Waals surface area contributed by atoms with Gasteiger partial charge in [0.1, 0.15) is 6.04 Å². The molecule has 0 aliphatic carbocycles. The molecule has 0 aliphatic rings. The number of hydrogen-bond acceptors (Lipinski definition) is 6. The number of ether oxygens (including phenoxy) is 2. The number of nitrogens with two attached hydrogens (primary N) is 1. The number of carbonyl (C=O) groups excluding carboxylic acids is 4. The third-order valence-electron chi connectivity index (χ3n) is 3.74. The van der Waals surface area contributed by atoms with Gasteiger partial charge in [0, 0.05) is 11.5 Å². The van der Waals surface area contributed by atoms with Crippen LogP contribution in [0, 0.1) is 23.5 Å². The van der Waals surface area contributed by atoms with E-state index < -0.39 is 53.3 Å². The van der Waals surface area contributed by atoms with Crippen LogP contribution in [0.5, 0.6) is 0 Å². The van der Waals surface area contributed by atoms with Crippen molar-refractivity contribution in [1.29, 1.82) is 0 Å². The zero-order valence-electron chi connectivity index (χ0n) is 14.2. The van der Waals surface area contributed by atoms with Gasteiger partial charge in [0.05, 0.1) is 14.2 Å². The van der Waals surface area contributed by atoms with Crippen LogP contribution in [0.1, 0.15) is 17.3 Å². The van der Waals surface area contributed by atoms with Crippen molar-refractivity contribution in [2.75, 3.05) is 14.2 Å². The van der Waals surface area contributed by atoms with Crippen molar-refractivity contribution in [3.8, 4) is 0 Å². The lowest BCUT2D eigenvalue weighted by Gasteiger charge is -2.26. The number of amides is 2. The minimum Gasteiger partial charge on any atom is -0.468 e. The molecule has 0 heterocycles. The average Bonchev–Trinajstić information content (AvgIpc) is 2.60. The average molecular weight is 372 g/mol. The summed E-state index contributed by atoms with van der Waals surface area (Å²) in [5.74, 6) is -9.06. The summed E-state index contributed by atoms with van der Waals surface area (Å²) in [5.41, 5.74) is 4.96. The molecule has 2 atom stereocenters. The zero-order valence-corrected chi connectivity index (χ0v) is 14.2. The first kappa shape index (κ1) is 21.0. The van der Waals surface area contributed by atoms with E-state index in [0.717, 1.165) is 26.4 Å². The monoisotopic (exact) mass is 372 g/mol. The minimum atomic E-state index is -1.53. The summed E-state index contributed by atoms with van der Waals surface area (Å²) in [5, 5.41) is 2.20. The number of rotatable bonds is 7. The molecule has 10 heteroatoms. The van der Waals surface area contributed by atoms with E-state index in [9.17, 15) is 28.0 Å². The predicted octanol–water partition coefficient (Wildman–Crippen LogP) is 0.147. The first-order chi connectivity index (χ1) is 12.1. The van der Waals surface area contributed by atoms with Gasteiger partial charge in [-0.15, -0.1) is 0 Å². The number of benzene rings is 1. The largest absolute Gasteiger partial charge is 0.468 e. The molecular formula is C16H18F2N2O6. The van der Waals surface area contributed by atoms with E-state index in [-0.39, 0.29) is 5.56 Å². The molecule has 2 amide bonds. The van der Waals surface area contributed by atoms with Crippen molar-refractivity contribution >= 4 is 23.8 Å². The molecule has 0 radical (unpaired) electrons. The maximum atomic E-state index is 13.3. The maximum absolute atomic E-state index is 13.3. The molecule has 0 saturated carbocycles. The van der Waals surface area contributed by atoms with Crippen molar-refractivity contribution in [2.45, 2.75) is 13.0 Å². The molecule has 0 fully saturated rings. The van der Waals surface area contributed by atoms with Crippen molar-refractivity contribution in [2.24, 2.45) is 17.6 Å². The summed E-state index contributed by atoms with van der Waals surface area (Å²) in [6.45, 7) is 1.31. The molecule has 0 unspecified atom stereocenters. The fourth-order valence-electron chi connectivity index (χ4n) is 2.30. The Balaban J connectivity index is 3.11. The first-order valence-corrected chi connectivity index (χ1v) is 7.34. The van der Waals surface area contributed by atoms with Crippen LogP contribution in [0.3, 0.4) is 0 Å². The first-order valence-electron chi connectivity index (χ1n) is 7.34. The molecule has 1 rings (SSSR count). The van der Waals surface area contributed by atoms with E-state index in [1.807, 2.05) is 0 Å². The molecule has 1 aromatic rings. The Morgan fingerprint density at radius 3 is 2.00 bits per heavy atom. The van der Waals surface area contributed by atoms with Gasteiger partial charge in [-0.05, 0) is 18.2 Å². The van der Waals surface area contributed by atoms with Gasteiger partial charge in [0.25, 0.3) is 5.91 Å². The number of halogens is 2. The Bertz CT molecular complexity index is 709. The van der Waals surface area contributed by atoms with E-state index in [0.29, 0.717) is 6.07 Å². The fourth-order valence-corrected chi connectivity index (χ4v) is 2.30. The highest BCUT2D eigenvalue weighted by atomic mass is 19.2. The van der Waals surface area contributed by atoms with Crippen LogP contribution >= 0.6 is 0 Å². The van der Waals surface area contributed by atoms with Gasteiger partial charge in [0.2, 0.25) is 5.91 Å². The Kier molecular flexibility index (Phi) is 7.17. The van der Waals surface area contributed by atoms with Crippen molar-refractivity contribution in [3.05, 3.63) is 35.4 Å². The lowest BCUT2D eigenvalue weighted by atomic mass is 9.86. The van der Waals surface area contributed by atoms with Crippen molar-refractivity contribution in [1.82, 2.24) is 5.32 Å². The normalized spacial score (nSPS) is 12.8. The predicted molar refractivity (Wildman–Crippen MR) is 83.5 cm³/mol. The van der Waals surface area contributed by atoms with E-state index in [1.165, 1.54) is 6.92 Å². The number of esters is 2. The Hall–Kier alpha value is -3.04. The molecule has 0 saturated heterocycles. The van der Waals surface area contributed by atoms with Crippen LogP contribution in [0.2, 0.25) is 0 Å². The summed E-state index contributed by atoms with van der Waals surface area (Å²) >= 11 is 0. The van der Waals surface area contributed by atoms with Crippen LogP contribution in [-0.4, -0.2) is 44.0 Å². The van der Waals surface area contributed by atoms with Crippen molar-refractivity contribution in [3.63, 3.8) is 0 Å². The van der Waals surface area contributed by atoms with Crippen LogP contribution in [0.15, 0.2) is 18.2 Å². The van der Waals surface area contributed by atoms with Gasteiger partial charge >= 0.3 is 11.9 Å². The zero-order chi connectivity index (χ0) is 20.0. The van der Waals surface area contributed by atoms with E-state index in [2.05, 4.69) is 14.8 Å². The Labute approximate surface area is 147 Å². The molecule has 0 bridgehead atoms. The van der Waals surface area contributed by atoms with Crippen LogP contribution in [-0.2, 0) is 23.9 Å². The molecule has 26 heavy (non-hydrogen) atoms. The third kappa shape index (κ3) is 4.74. The van der Waals surface area contributed by atoms with Gasteiger partial charge in [0.15, 0.2) is 17.6 Å². The number of nitrogens with one attached hydrogen (secondary N) is 1. The number of methoxy groups -OCH3 is 2. The second kappa shape index (κ2) is 8.88. The standard InChI is InChI=1S/C16H18F2N2O6/c1-7(11(15(23)25-2)16(24)26-3)12(13(19)21)20-14(22)8-4-5-9(17)10(18)6-8/h4-7,11-12H,1-3H3,(H2,19,21)(H,20,22)/t7-,12+/m1/s1. The number of primary amides is 1. The highest BCUT2D eigenvalue weighted by molar-refractivity contribution is 5.99. The number of carbonyl (C=O) groups is 4. The Morgan fingerprint density at radius 1 is 1.04 bits per heavy atom. The second-order valence-corrected chi connectivity index (χ2v) is 5.37. The van der Waals surface area contributed by atoms with Crippen molar-refractivity contribution < 1.29 is 37.4 Å². The minimum absolute atomic E-state index is 0.282. The molecule has 0 aromatic heterocycles. The molecule has 0 aliphatic heterocycles. The van der Waals surface area contributed by atoms with Gasteiger partial charge < -0.3 is 20.5 Å². The maximum Gasteiger partial charge on any atom is 0.320 e. The fraction of sp³-hybridized carbons (Fsp3) is 0.375.